The first-order valence-electron chi connectivity index (χ1n) is 32.2. The second kappa shape index (κ2) is 56.0. The molecular formula is C67H119NO10. The van der Waals surface area contributed by atoms with Gasteiger partial charge in [-0.1, -0.05) is 234 Å². The average Bonchev–Trinajstić information content (AvgIpc) is 3.44. The zero-order valence-corrected chi connectivity index (χ0v) is 49.9. The van der Waals surface area contributed by atoms with Gasteiger partial charge >= 0.3 is 5.97 Å². The highest BCUT2D eigenvalue weighted by atomic mass is 16.7. The Kier molecular flexibility index (Phi) is 52.5. The summed E-state index contributed by atoms with van der Waals surface area (Å²) < 4.78 is 16.7. The molecule has 6 N–H and O–H groups in total. The fourth-order valence-electron chi connectivity index (χ4n) is 9.61. The predicted octanol–water partition coefficient (Wildman–Crippen LogP) is 15.6. The highest BCUT2D eigenvalue weighted by Gasteiger charge is 2.44. The van der Waals surface area contributed by atoms with E-state index < -0.39 is 49.5 Å². The van der Waals surface area contributed by atoms with Crippen LogP contribution in [-0.2, 0) is 23.8 Å². The first kappa shape index (κ1) is 73.1. The summed E-state index contributed by atoms with van der Waals surface area (Å²) in [5.74, 6) is -0.224. The highest BCUT2D eigenvalue weighted by Crippen LogP contribution is 2.23. The Hall–Kier alpha value is -2.90. The predicted molar refractivity (Wildman–Crippen MR) is 324 cm³/mol. The highest BCUT2D eigenvalue weighted by molar-refractivity contribution is 5.76. The van der Waals surface area contributed by atoms with Crippen molar-refractivity contribution in [2.24, 2.45) is 0 Å². The molecule has 0 bridgehead atoms. The van der Waals surface area contributed by atoms with E-state index in [-0.39, 0.29) is 18.5 Å². The number of allylic oxidation sites excluding steroid dienone is 11. The molecule has 0 saturated carbocycles. The van der Waals surface area contributed by atoms with E-state index in [0.29, 0.717) is 19.4 Å². The lowest BCUT2D eigenvalue weighted by Crippen LogP contribution is -2.60. The van der Waals surface area contributed by atoms with Crippen molar-refractivity contribution in [3.8, 4) is 0 Å². The molecule has 78 heavy (non-hydrogen) atoms. The molecule has 452 valence electrons. The van der Waals surface area contributed by atoms with Crippen LogP contribution in [0.15, 0.2) is 72.9 Å². The third-order valence-electron chi connectivity index (χ3n) is 14.8. The van der Waals surface area contributed by atoms with Crippen molar-refractivity contribution in [2.45, 2.75) is 320 Å². The van der Waals surface area contributed by atoms with Crippen LogP contribution >= 0.6 is 0 Å². The largest absolute Gasteiger partial charge is 0.466 e. The molecule has 0 aromatic carbocycles. The van der Waals surface area contributed by atoms with E-state index in [1.165, 1.54) is 148 Å². The van der Waals surface area contributed by atoms with E-state index in [9.17, 15) is 35.1 Å². The van der Waals surface area contributed by atoms with Crippen LogP contribution in [0.25, 0.3) is 0 Å². The standard InChI is InChI=1S/C67H119NO10/c1-3-5-7-9-11-13-15-17-31-35-39-43-47-51-55-63(72)76-56-52-48-44-40-36-32-28-26-24-22-20-18-19-21-23-25-27-30-34-38-42-46-50-54-62(71)68-59(58-77-67-66(75)65(74)64(73)61(57-69)78-67)60(70)53-49-45-41-37-33-29-16-14-12-10-8-6-4-2/h9,11,15,17-18,20-21,23,33,37,49,53,59-61,64-67,69-70,73-75H,3-8,10,12-14,16,19,22,24-32,34-36,38-48,50-52,54-58H2,1-2H3,(H,68,71)/b11-9-,17-15-,20-18-,23-21-,37-33+,53-49+. The molecular weight excluding hydrogens is 979 g/mol. The van der Waals surface area contributed by atoms with Gasteiger partial charge in [-0.15, -0.1) is 0 Å². The number of esters is 1. The summed E-state index contributed by atoms with van der Waals surface area (Å²) in [5.41, 5.74) is 0. The number of aliphatic hydroxyl groups is 5. The van der Waals surface area contributed by atoms with Gasteiger partial charge in [-0.25, -0.2) is 0 Å². The van der Waals surface area contributed by atoms with Crippen molar-refractivity contribution >= 4 is 11.9 Å². The Bertz CT molecular complexity index is 1520. The van der Waals surface area contributed by atoms with Crippen LogP contribution in [0, 0.1) is 0 Å². The number of unbranched alkanes of at least 4 members (excludes halogenated alkanes) is 31. The third kappa shape index (κ3) is 44.8. The lowest BCUT2D eigenvalue weighted by Gasteiger charge is -2.40. The van der Waals surface area contributed by atoms with Crippen molar-refractivity contribution < 1.29 is 49.3 Å². The smallest absolute Gasteiger partial charge is 0.305 e. The number of aliphatic hydroxyl groups excluding tert-OH is 5. The van der Waals surface area contributed by atoms with Crippen LogP contribution < -0.4 is 5.32 Å². The van der Waals surface area contributed by atoms with Crippen LogP contribution in [0.2, 0.25) is 0 Å². The molecule has 0 aromatic rings. The summed E-state index contributed by atoms with van der Waals surface area (Å²) in [6, 6.07) is -0.837. The molecule has 11 heteroatoms. The summed E-state index contributed by atoms with van der Waals surface area (Å²) in [6.45, 7) is 4.26. The number of nitrogens with one attached hydrogen (secondary N) is 1. The normalized spacial score (nSPS) is 19.0. The van der Waals surface area contributed by atoms with Gasteiger partial charge in [0.1, 0.15) is 24.4 Å². The number of carbonyl (C=O) groups is 2. The SMILES string of the molecule is CCCC/C=C\C/C=C\CCCCCCCC(=O)OCCCCCCCCCCC/C=C\C/C=C\CCCCCCCCCC(=O)NC(COC1OC(CO)C(O)C(O)C1O)C(O)/C=C/CC/C=C/CCCCCCCCC. The molecule has 0 spiro atoms. The molecule has 1 saturated heterocycles. The van der Waals surface area contributed by atoms with Crippen LogP contribution in [0.5, 0.6) is 0 Å². The second-order valence-electron chi connectivity index (χ2n) is 22.1. The summed E-state index contributed by atoms with van der Waals surface area (Å²) in [7, 11) is 0. The maximum absolute atomic E-state index is 13.0. The minimum atomic E-state index is -1.58. The van der Waals surface area contributed by atoms with Gasteiger partial charge in [0, 0.05) is 12.8 Å². The van der Waals surface area contributed by atoms with Crippen molar-refractivity contribution in [3.63, 3.8) is 0 Å². The van der Waals surface area contributed by atoms with Crippen molar-refractivity contribution in [1.82, 2.24) is 5.32 Å². The Labute approximate surface area is 477 Å². The van der Waals surface area contributed by atoms with E-state index >= 15 is 0 Å². The van der Waals surface area contributed by atoms with E-state index in [2.05, 4.69) is 79.9 Å². The molecule has 0 aliphatic carbocycles. The monoisotopic (exact) mass is 1100 g/mol. The van der Waals surface area contributed by atoms with Crippen LogP contribution in [0.3, 0.4) is 0 Å². The van der Waals surface area contributed by atoms with Gasteiger partial charge in [0.15, 0.2) is 6.29 Å². The van der Waals surface area contributed by atoms with Gasteiger partial charge in [-0.2, -0.15) is 0 Å². The molecule has 1 aliphatic heterocycles. The van der Waals surface area contributed by atoms with Gasteiger partial charge < -0.3 is 45.1 Å². The van der Waals surface area contributed by atoms with E-state index in [1.54, 1.807) is 6.08 Å². The molecule has 1 fully saturated rings. The van der Waals surface area contributed by atoms with E-state index in [0.717, 1.165) is 103 Å². The number of hydrogen-bond acceptors (Lipinski definition) is 10. The van der Waals surface area contributed by atoms with Crippen LogP contribution in [-0.4, -0.2) is 100 Å². The molecule has 11 nitrogen and oxygen atoms in total. The average molecular weight is 1100 g/mol. The first-order chi connectivity index (χ1) is 38.2. The number of ether oxygens (including phenoxy) is 3. The fraction of sp³-hybridized carbons (Fsp3) is 0.791. The molecule has 7 unspecified atom stereocenters. The molecule has 7 atom stereocenters. The van der Waals surface area contributed by atoms with Gasteiger partial charge in [-0.05, 0) is 103 Å². The molecule has 1 heterocycles. The summed E-state index contributed by atoms with van der Waals surface area (Å²) in [5, 5.41) is 54.4. The molecule has 1 rings (SSSR count). The van der Waals surface area contributed by atoms with Crippen molar-refractivity contribution in [1.29, 1.82) is 0 Å². The number of hydrogen-bond donors (Lipinski definition) is 6. The van der Waals surface area contributed by atoms with Gasteiger partial charge in [-0.3, -0.25) is 9.59 Å². The number of amides is 1. The van der Waals surface area contributed by atoms with Gasteiger partial charge in [0.05, 0.1) is 32.0 Å². The second-order valence-corrected chi connectivity index (χ2v) is 22.1. The number of carbonyl (C=O) groups excluding carboxylic acids is 2. The van der Waals surface area contributed by atoms with Gasteiger partial charge in [0.25, 0.3) is 0 Å². The topological polar surface area (TPSA) is 175 Å². The third-order valence-corrected chi connectivity index (χ3v) is 14.8. The summed E-state index contributed by atoms with van der Waals surface area (Å²) >= 11 is 0. The Morgan fingerprint density at radius 3 is 1.38 bits per heavy atom. The minimum absolute atomic E-state index is 0.0206. The van der Waals surface area contributed by atoms with Crippen molar-refractivity contribution in [2.75, 3.05) is 19.8 Å². The Morgan fingerprint density at radius 1 is 0.474 bits per heavy atom. The van der Waals surface area contributed by atoms with E-state index in [1.807, 2.05) is 6.08 Å². The summed E-state index contributed by atoms with van der Waals surface area (Å²) in [6.07, 6.45) is 64.3. The zero-order valence-electron chi connectivity index (χ0n) is 49.9. The van der Waals surface area contributed by atoms with Crippen molar-refractivity contribution in [3.05, 3.63) is 72.9 Å². The maximum Gasteiger partial charge on any atom is 0.305 e. The molecule has 0 radical (unpaired) electrons. The Balaban J connectivity index is 2.07. The minimum Gasteiger partial charge on any atom is -0.466 e. The lowest BCUT2D eigenvalue weighted by atomic mass is 9.99. The van der Waals surface area contributed by atoms with Crippen LogP contribution in [0.1, 0.15) is 277 Å². The quantitative estimate of drug-likeness (QED) is 0.0195. The van der Waals surface area contributed by atoms with Gasteiger partial charge in [0.2, 0.25) is 5.91 Å². The van der Waals surface area contributed by atoms with Crippen LogP contribution in [0.4, 0.5) is 0 Å². The molecule has 0 aromatic heterocycles. The maximum atomic E-state index is 13.0. The van der Waals surface area contributed by atoms with E-state index in [4.69, 9.17) is 14.2 Å². The fourth-order valence-corrected chi connectivity index (χ4v) is 9.61. The first-order valence-corrected chi connectivity index (χ1v) is 32.2. The molecule has 1 amide bonds. The molecule has 1 aliphatic rings. The number of rotatable bonds is 55. The Morgan fingerprint density at radius 2 is 0.885 bits per heavy atom. The summed E-state index contributed by atoms with van der Waals surface area (Å²) in [4.78, 5) is 25.1. The lowest BCUT2D eigenvalue weighted by molar-refractivity contribution is -0.302. The zero-order chi connectivity index (χ0) is 56.6.